The van der Waals surface area contributed by atoms with Crippen LogP contribution in [0.1, 0.15) is 37.8 Å². The zero-order chi connectivity index (χ0) is 15.2. The molecule has 0 amide bonds. The molecule has 3 unspecified atom stereocenters. The summed E-state index contributed by atoms with van der Waals surface area (Å²) in [7, 11) is -4.49. The highest BCUT2D eigenvalue weighted by Gasteiger charge is 2.54. The molecule has 1 saturated heterocycles. The molecule has 5 nitrogen and oxygen atoms in total. The second kappa shape index (κ2) is 5.49. The van der Waals surface area contributed by atoms with E-state index in [0.29, 0.717) is 6.04 Å². The molecule has 1 aromatic rings. The molecule has 3 rings (SSSR count). The number of likely N-dealkylation sites (tertiary alicyclic amines) is 1. The minimum Gasteiger partial charge on any atom is -0.379 e. The zero-order valence-electron chi connectivity index (χ0n) is 12.0. The number of piperidine rings is 1. The lowest BCUT2D eigenvalue weighted by molar-refractivity contribution is 0.0241. The van der Waals surface area contributed by atoms with Gasteiger partial charge in [-0.25, -0.2) is 0 Å². The van der Waals surface area contributed by atoms with Crippen LogP contribution in [-0.2, 0) is 4.57 Å². The summed E-state index contributed by atoms with van der Waals surface area (Å²) >= 11 is 0. The molecule has 2 aliphatic rings. The Balaban J connectivity index is 1.90. The topological polar surface area (TPSA) is 81.0 Å². The van der Waals surface area contributed by atoms with Crippen molar-refractivity contribution in [1.29, 1.82) is 0 Å². The molecule has 1 aromatic carbocycles. The van der Waals surface area contributed by atoms with Crippen molar-refractivity contribution >= 4 is 7.60 Å². The first-order chi connectivity index (χ1) is 9.89. The molecule has 0 spiro atoms. The summed E-state index contributed by atoms with van der Waals surface area (Å²) < 4.78 is 11.5. The van der Waals surface area contributed by atoms with Crippen LogP contribution in [0.25, 0.3) is 0 Å². The van der Waals surface area contributed by atoms with E-state index in [2.05, 4.69) is 11.8 Å². The Hall–Kier alpha value is -0.710. The number of rotatable bonds is 4. The average molecular weight is 311 g/mol. The molecule has 21 heavy (non-hydrogen) atoms. The first-order valence-corrected chi connectivity index (χ1v) is 9.13. The van der Waals surface area contributed by atoms with Gasteiger partial charge < -0.3 is 14.9 Å². The quantitative estimate of drug-likeness (QED) is 0.742. The highest BCUT2D eigenvalue weighted by molar-refractivity contribution is 7.52. The summed E-state index contributed by atoms with van der Waals surface area (Å²) in [5.41, 5.74) is 1.12. The fourth-order valence-corrected chi connectivity index (χ4v) is 4.93. The van der Waals surface area contributed by atoms with Gasteiger partial charge in [-0.3, -0.25) is 9.46 Å². The highest BCUT2D eigenvalue weighted by atomic mass is 31.2. The number of fused-ring (bicyclic) bond motifs is 2. The molecule has 0 radical (unpaired) electrons. The fourth-order valence-electron chi connectivity index (χ4n) is 4.13. The van der Waals surface area contributed by atoms with E-state index in [1.807, 2.05) is 30.3 Å². The van der Waals surface area contributed by atoms with Crippen LogP contribution in [-0.4, -0.2) is 37.7 Å². The molecule has 0 aromatic heterocycles. The van der Waals surface area contributed by atoms with Crippen LogP contribution in [0.15, 0.2) is 30.3 Å². The lowest BCUT2D eigenvalue weighted by Crippen LogP contribution is -2.48. The van der Waals surface area contributed by atoms with Crippen molar-refractivity contribution in [3.05, 3.63) is 35.9 Å². The maximum atomic E-state index is 11.5. The van der Waals surface area contributed by atoms with Crippen LogP contribution >= 0.6 is 7.60 Å². The zero-order valence-corrected chi connectivity index (χ0v) is 12.9. The number of hydrogen-bond acceptors (Lipinski definition) is 3. The number of hydrogen-bond donors (Lipinski definition) is 3. The van der Waals surface area contributed by atoms with Gasteiger partial charge in [0.05, 0.1) is 6.04 Å². The van der Waals surface area contributed by atoms with Crippen molar-refractivity contribution in [2.24, 2.45) is 5.92 Å². The van der Waals surface area contributed by atoms with E-state index in [-0.39, 0.29) is 12.0 Å². The average Bonchev–Trinajstić information content (AvgIpc) is 3.06. The Morgan fingerprint density at radius 3 is 2.52 bits per heavy atom. The highest BCUT2D eigenvalue weighted by Crippen LogP contribution is 2.54. The number of aliphatic hydroxyl groups is 1. The summed E-state index contributed by atoms with van der Waals surface area (Å²) in [5, 5.41) is 10.2. The Labute approximate surface area is 124 Å². The Kier molecular flexibility index (Phi) is 3.97. The third kappa shape index (κ3) is 2.69. The molecule has 2 fully saturated rings. The fraction of sp³-hybridized carbons (Fsp3) is 0.600. The van der Waals surface area contributed by atoms with Gasteiger partial charge in [-0.2, -0.15) is 0 Å². The maximum absolute atomic E-state index is 11.5. The van der Waals surface area contributed by atoms with Gasteiger partial charge in [0.25, 0.3) is 0 Å². The summed E-state index contributed by atoms with van der Waals surface area (Å²) in [4.78, 5) is 20.9. The van der Waals surface area contributed by atoms with Crippen molar-refractivity contribution < 1.29 is 19.5 Å². The van der Waals surface area contributed by atoms with E-state index in [1.165, 1.54) is 0 Å². The van der Waals surface area contributed by atoms with Crippen molar-refractivity contribution in [2.45, 2.75) is 50.2 Å². The largest absolute Gasteiger partial charge is 0.379 e. The van der Waals surface area contributed by atoms with Gasteiger partial charge >= 0.3 is 7.60 Å². The molecule has 2 bridgehead atoms. The molecule has 5 atom stereocenters. The van der Waals surface area contributed by atoms with Crippen LogP contribution < -0.4 is 0 Å². The first-order valence-electron chi connectivity index (χ1n) is 7.45. The Bertz CT molecular complexity index is 546. The van der Waals surface area contributed by atoms with Gasteiger partial charge in [-0.1, -0.05) is 30.3 Å². The lowest BCUT2D eigenvalue weighted by atomic mass is 9.96. The third-order valence-electron chi connectivity index (χ3n) is 5.07. The van der Waals surface area contributed by atoms with Crippen LogP contribution in [0, 0.1) is 5.92 Å². The SMILES string of the molecule is C[C@@H](c1ccccc1)N1C2CCC(C2)C1[C@@H](O)P(=O)(O)O. The summed E-state index contributed by atoms with van der Waals surface area (Å²) in [6, 6.07) is 9.86. The van der Waals surface area contributed by atoms with Gasteiger partial charge in [-0.15, -0.1) is 0 Å². The second-order valence-electron chi connectivity index (χ2n) is 6.25. The van der Waals surface area contributed by atoms with Gasteiger partial charge in [0, 0.05) is 12.1 Å². The van der Waals surface area contributed by atoms with Crippen LogP contribution in [0.2, 0.25) is 0 Å². The molecular weight excluding hydrogens is 289 g/mol. The van der Waals surface area contributed by atoms with Crippen LogP contribution in [0.4, 0.5) is 0 Å². The van der Waals surface area contributed by atoms with E-state index >= 15 is 0 Å². The minimum absolute atomic E-state index is 0.0488. The molecule has 116 valence electrons. The van der Waals surface area contributed by atoms with E-state index in [4.69, 9.17) is 0 Å². The van der Waals surface area contributed by atoms with Gasteiger partial charge in [-0.05, 0) is 37.7 Å². The lowest BCUT2D eigenvalue weighted by Gasteiger charge is -2.41. The first kappa shape index (κ1) is 15.2. The van der Waals surface area contributed by atoms with Crippen molar-refractivity contribution in [1.82, 2.24) is 4.90 Å². The van der Waals surface area contributed by atoms with E-state index < -0.39 is 19.5 Å². The monoisotopic (exact) mass is 311 g/mol. The molecule has 1 saturated carbocycles. The second-order valence-corrected chi connectivity index (χ2v) is 7.96. The molecule has 1 aliphatic heterocycles. The minimum atomic E-state index is -4.49. The Morgan fingerprint density at radius 2 is 1.90 bits per heavy atom. The molecule has 6 heteroatoms. The van der Waals surface area contributed by atoms with Gasteiger partial charge in [0.15, 0.2) is 5.85 Å². The van der Waals surface area contributed by atoms with Crippen LogP contribution in [0.5, 0.6) is 0 Å². The molecule has 1 heterocycles. The number of aliphatic hydroxyl groups excluding tert-OH is 1. The Morgan fingerprint density at radius 1 is 1.24 bits per heavy atom. The third-order valence-corrected chi connectivity index (χ3v) is 6.07. The van der Waals surface area contributed by atoms with Gasteiger partial charge in [0.1, 0.15) is 0 Å². The van der Waals surface area contributed by atoms with E-state index in [1.54, 1.807) is 0 Å². The number of benzene rings is 1. The predicted molar refractivity (Wildman–Crippen MR) is 79.7 cm³/mol. The summed E-state index contributed by atoms with van der Waals surface area (Å²) in [6.07, 6.45) is 2.93. The smallest absolute Gasteiger partial charge is 0.355 e. The normalized spacial score (nSPS) is 32.3. The van der Waals surface area contributed by atoms with Gasteiger partial charge in [0.2, 0.25) is 0 Å². The number of nitrogens with zero attached hydrogens (tertiary/aromatic N) is 1. The molecule has 3 N–H and O–H groups in total. The summed E-state index contributed by atoms with van der Waals surface area (Å²) in [6.45, 7) is 2.05. The van der Waals surface area contributed by atoms with Crippen molar-refractivity contribution in [3.63, 3.8) is 0 Å². The molecular formula is C15H22NO4P. The summed E-state index contributed by atoms with van der Waals surface area (Å²) in [5.74, 6) is -1.40. The van der Waals surface area contributed by atoms with Crippen molar-refractivity contribution in [2.75, 3.05) is 0 Å². The molecule has 1 aliphatic carbocycles. The van der Waals surface area contributed by atoms with Crippen LogP contribution in [0.3, 0.4) is 0 Å². The van der Waals surface area contributed by atoms with Crippen molar-refractivity contribution in [3.8, 4) is 0 Å². The standard InChI is InChI=1S/C15H22NO4P/c1-10(11-5-3-2-4-6-11)16-13-8-7-12(9-13)14(16)15(17)21(18,19)20/h2-6,10,12-15,17H,7-9H2,1H3,(H2,18,19,20)/t10-,12?,13?,14?,15-/m0/s1. The maximum Gasteiger partial charge on any atom is 0.355 e. The van der Waals surface area contributed by atoms with E-state index in [0.717, 1.165) is 24.8 Å². The predicted octanol–water partition coefficient (Wildman–Crippen LogP) is 2.10. The van der Waals surface area contributed by atoms with E-state index in [9.17, 15) is 19.5 Å².